The summed E-state index contributed by atoms with van der Waals surface area (Å²) in [5.74, 6) is 0.606. The lowest BCUT2D eigenvalue weighted by Gasteiger charge is -2.29. The van der Waals surface area contributed by atoms with E-state index < -0.39 is 0 Å². The molecule has 2 heterocycles. The van der Waals surface area contributed by atoms with Gasteiger partial charge in [-0.15, -0.1) is 11.3 Å². The van der Waals surface area contributed by atoms with E-state index in [0.717, 1.165) is 24.9 Å². The number of hydrogen-bond acceptors (Lipinski definition) is 4. The SMILES string of the molecule is Cc1csc(C(NC2CC2)C2CCCOC2)n1. The molecule has 2 fully saturated rings. The van der Waals surface area contributed by atoms with Crippen molar-refractivity contribution in [2.75, 3.05) is 13.2 Å². The summed E-state index contributed by atoms with van der Waals surface area (Å²) in [6.07, 6.45) is 5.11. The molecular formula is C13H20N2OS. The molecule has 0 radical (unpaired) electrons. The first-order valence-electron chi connectivity index (χ1n) is 6.59. The molecular weight excluding hydrogens is 232 g/mol. The molecule has 0 aromatic carbocycles. The Morgan fingerprint density at radius 3 is 2.94 bits per heavy atom. The molecule has 2 aliphatic rings. The van der Waals surface area contributed by atoms with Crippen molar-refractivity contribution < 1.29 is 4.74 Å². The predicted molar refractivity (Wildman–Crippen MR) is 69.3 cm³/mol. The quantitative estimate of drug-likeness (QED) is 0.894. The van der Waals surface area contributed by atoms with Gasteiger partial charge in [0.15, 0.2) is 0 Å². The van der Waals surface area contributed by atoms with Crippen LogP contribution >= 0.6 is 11.3 Å². The molecule has 1 N–H and O–H groups in total. The van der Waals surface area contributed by atoms with Crippen molar-refractivity contribution in [2.24, 2.45) is 5.92 Å². The standard InChI is InChI=1S/C13H20N2OS/c1-9-8-17-13(14-9)12(15-11-4-5-11)10-3-2-6-16-7-10/h8,10-12,15H,2-7H2,1H3. The van der Waals surface area contributed by atoms with Gasteiger partial charge in [-0.05, 0) is 32.6 Å². The van der Waals surface area contributed by atoms with E-state index in [2.05, 4.69) is 22.6 Å². The molecule has 2 unspecified atom stereocenters. The summed E-state index contributed by atoms with van der Waals surface area (Å²) in [5, 5.41) is 7.17. The number of thiazole rings is 1. The number of hydrogen-bond donors (Lipinski definition) is 1. The summed E-state index contributed by atoms with van der Waals surface area (Å²) in [6, 6.07) is 1.15. The monoisotopic (exact) mass is 252 g/mol. The molecule has 1 aliphatic carbocycles. The average molecular weight is 252 g/mol. The molecule has 17 heavy (non-hydrogen) atoms. The van der Waals surface area contributed by atoms with Gasteiger partial charge < -0.3 is 10.1 Å². The maximum Gasteiger partial charge on any atom is 0.110 e. The van der Waals surface area contributed by atoms with E-state index in [0.29, 0.717) is 12.0 Å². The molecule has 1 aromatic heterocycles. The fourth-order valence-corrected chi connectivity index (χ4v) is 3.40. The summed E-state index contributed by atoms with van der Waals surface area (Å²) in [4.78, 5) is 4.67. The third-order valence-electron chi connectivity index (χ3n) is 3.56. The molecule has 4 heteroatoms. The van der Waals surface area contributed by atoms with Gasteiger partial charge in [0, 0.05) is 29.6 Å². The molecule has 94 valence electrons. The first-order valence-corrected chi connectivity index (χ1v) is 7.47. The maximum absolute atomic E-state index is 5.63. The van der Waals surface area contributed by atoms with Gasteiger partial charge in [0.1, 0.15) is 5.01 Å². The molecule has 1 saturated heterocycles. The molecule has 3 rings (SSSR count). The predicted octanol–water partition coefficient (Wildman–Crippen LogP) is 2.67. The Labute approximate surface area is 107 Å². The van der Waals surface area contributed by atoms with Crippen molar-refractivity contribution in [3.8, 4) is 0 Å². The number of nitrogens with zero attached hydrogens (tertiary/aromatic N) is 1. The normalized spacial score (nSPS) is 27.0. The Morgan fingerprint density at radius 2 is 2.35 bits per heavy atom. The lowest BCUT2D eigenvalue weighted by atomic mass is 9.94. The van der Waals surface area contributed by atoms with E-state index in [1.165, 1.54) is 30.7 Å². The maximum atomic E-state index is 5.63. The fraction of sp³-hybridized carbons (Fsp3) is 0.769. The largest absolute Gasteiger partial charge is 0.381 e. The molecule has 1 aliphatic heterocycles. The van der Waals surface area contributed by atoms with Crippen LogP contribution in [-0.2, 0) is 4.74 Å². The average Bonchev–Trinajstić information content (AvgIpc) is 3.08. The van der Waals surface area contributed by atoms with E-state index in [-0.39, 0.29) is 0 Å². The van der Waals surface area contributed by atoms with Crippen LogP contribution in [0.4, 0.5) is 0 Å². The second kappa shape index (κ2) is 5.04. The molecule has 1 aromatic rings. The van der Waals surface area contributed by atoms with E-state index in [1.54, 1.807) is 11.3 Å². The second-order valence-corrected chi connectivity index (χ2v) is 6.11. The van der Waals surface area contributed by atoms with Gasteiger partial charge in [-0.2, -0.15) is 0 Å². The summed E-state index contributed by atoms with van der Waals surface area (Å²) < 4.78 is 5.63. The highest BCUT2D eigenvalue weighted by Crippen LogP contribution is 2.34. The lowest BCUT2D eigenvalue weighted by molar-refractivity contribution is 0.0386. The zero-order valence-corrected chi connectivity index (χ0v) is 11.1. The first kappa shape index (κ1) is 11.6. The van der Waals surface area contributed by atoms with Crippen molar-refractivity contribution in [1.29, 1.82) is 0 Å². The van der Waals surface area contributed by atoms with Crippen LogP contribution < -0.4 is 5.32 Å². The van der Waals surface area contributed by atoms with Crippen molar-refractivity contribution >= 4 is 11.3 Å². The third-order valence-corrected chi connectivity index (χ3v) is 4.61. The van der Waals surface area contributed by atoms with E-state index >= 15 is 0 Å². The summed E-state index contributed by atoms with van der Waals surface area (Å²) in [6.45, 7) is 3.90. The van der Waals surface area contributed by atoms with Gasteiger partial charge in [0.2, 0.25) is 0 Å². The van der Waals surface area contributed by atoms with Crippen LogP contribution in [0.5, 0.6) is 0 Å². The Bertz CT molecular complexity index is 369. The van der Waals surface area contributed by atoms with Crippen LogP contribution in [0.3, 0.4) is 0 Å². The molecule has 2 atom stereocenters. The van der Waals surface area contributed by atoms with E-state index in [1.807, 2.05) is 0 Å². The van der Waals surface area contributed by atoms with Crippen LogP contribution in [0.2, 0.25) is 0 Å². The Morgan fingerprint density at radius 1 is 1.47 bits per heavy atom. The molecule has 0 bridgehead atoms. The fourth-order valence-electron chi connectivity index (χ4n) is 2.46. The number of aryl methyl sites for hydroxylation is 1. The van der Waals surface area contributed by atoms with E-state index in [9.17, 15) is 0 Å². The van der Waals surface area contributed by atoms with Gasteiger partial charge in [-0.25, -0.2) is 4.98 Å². The van der Waals surface area contributed by atoms with Gasteiger partial charge in [0.25, 0.3) is 0 Å². The van der Waals surface area contributed by atoms with Crippen molar-refractivity contribution in [2.45, 2.75) is 44.7 Å². The minimum atomic E-state index is 0.418. The van der Waals surface area contributed by atoms with Crippen LogP contribution in [0.15, 0.2) is 5.38 Å². The number of nitrogens with one attached hydrogen (secondary N) is 1. The molecule has 0 amide bonds. The van der Waals surface area contributed by atoms with Crippen molar-refractivity contribution in [1.82, 2.24) is 10.3 Å². The van der Waals surface area contributed by atoms with Gasteiger partial charge in [-0.1, -0.05) is 0 Å². The lowest BCUT2D eigenvalue weighted by Crippen LogP contribution is -2.34. The molecule has 3 nitrogen and oxygen atoms in total. The van der Waals surface area contributed by atoms with Crippen LogP contribution in [0.1, 0.15) is 42.4 Å². The Kier molecular flexibility index (Phi) is 3.45. The number of aromatic nitrogens is 1. The van der Waals surface area contributed by atoms with E-state index in [4.69, 9.17) is 4.74 Å². The number of rotatable bonds is 4. The third kappa shape index (κ3) is 2.87. The summed E-state index contributed by atoms with van der Waals surface area (Å²) >= 11 is 1.79. The minimum absolute atomic E-state index is 0.418. The minimum Gasteiger partial charge on any atom is -0.381 e. The second-order valence-electron chi connectivity index (χ2n) is 5.22. The highest BCUT2D eigenvalue weighted by atomic mass is 32.1. The van der Waals surface area contributed by atoms with Crippen LogP contribution in [0.25, 0.3) is 0 Å². The molecule has 1 saturated carbocycles. The number of ether oxygens (including phenoxy) is 1. The van der Waals surface area contributed by atoms with Gasteiger partial charge in [-0.3, -0.25) is 0 Å². The van der Waals surface area contributed by atoms with Crippen molar-refractivity contribution in [3.05, 3.63) is 16.1 Å². The highest BCUT2D eigenvalue weighted by Gasteiger charge is 2.32. The van der Waals surface area contributed by atoms with Gasteiger partial charge >= 0.3 is 0 Å². The summed E-state index contributed by atoms with van der Waals surface area (Å²) in [7, 11) is 0. The highest BCUT2D eigenvalue weighted by molar-refractivity contribution is 7.09. The van der Waals surface area contributed by atoms with Crippen LogP contribution in [0, 0.1) is 12.8 Å². The zero-order valence-electron chi connectivity index (χ0n) is 10.3. The smallest absolute Gasteiger partial charge is 0.110 e. The summed E-state index contributed by atoms with van der Waals surface area (Å²) in [5.41, 5.74) is 1.14. The van der Waals surface area contributed by atoms with Crippen molar-refractivity contribution in [3.63, 3.8) is 0 Å². The molecule has 0 spiro atoms. The topological polar surface area (TPSA) is 34.1 Å². The first-order chi connectivity index (χ1) is 8.33. The Balaban J connectivity index is 1.74. The Hall–Kier alpha value is -0.450. The van der Waals surface area contributed by atoms with Crippen LogP contribution in [-0.4, -0.2) is 24.2 Å². The van der Waals surface area contributed by atoms with Gasteiger partial charge in [0.05, 0.1) is 12.6 Å². The zero-order chi connectivity index (χ0) is 11.7.